The van der Waals surface area contributed by atoms with Gasteiger partial charge in [-0.3, -0.25) is 9.79 Å². The van der Waals surface area contributed by atoms with Gasteiger partial charge in [-0.2, -0.15) is 0 Å². The molecule has 2 heterocycles. The first kappa shape index (κ1) is 21.7. The summed E-state index contributed by atoms with van der Waals surface area (Å²) in [6, 6.07) is 3.38. The molecule has 0 unspecified atom stereocenters. The zero-order valence-electron chi connectivity index (χ0n) is 16.5. The quantitative estimate of drug-likeness (QED) is 0.587. The number of ketones is 1. The number of amidine groups is 1. The molecule has 10 heteroatoms. The normalized spacial score (nSPS) is 25.5. The number of hydrogen-bond donors (Lipinski definition) is 1. The molecule has 0 amide bonds. The van der Waals surface area contributed by atoms with Crippen LogP contribution in [0.25, 0.3) is 0 Å². The molecule has 2 N–H and O–H groups in total. The Morgan fingerprint density at radius 2 is 1.90 bits per heavy atom. The molecular weight excluding hydrogens is 404 g/mol. The number of alkyl halides is 3. The molecule has 2 atom stereocenters. The molecule has 1 aliphatic rings. The van der Waals surface area contributed by atoms with Crippen molar-refractivity contribution in [2.75, 3.05) is 7.11 Å². The molecule has 0 spiro atoms. The number of halogens is 4. The van der Waals surface area contributed by atoms with Crippen molar-refractivity contribution < 1.29 is 27.1 Å². The molecular formula is C20H20F4N4O2. The van der Waals surface area contributed by atoms with Crippen LogP contribution in [0.1, 0.15) is 41.9 Å². The van der Waals surface area contributed by atoms with Gasteiger partial charge >= 0.3 is 0 Å². The minimum absolute atomic E-state index is 0.0337. The van der Waals surface area contributed by atoms with Crippen molar-refractivity contribution >= 4 is 11.6 Å². The number of rotatable bonds is 5. The van der Waals surface area contributed by atoms with E-state index in [1.807, 2.05) is 0 Å². The van der Waals surface area contributed by atoms with Crippen LogP contribution in [0.2, 0.25) is 0 Å². The second kappa shape index (κ2) is 7.33. The molecule has 0 aliphatic carbocycles. The van der Waals surface area contributed by atoms with Gasteiger partial charge in [-0.1, -0.05) is 6.07 Å². The van der Waals surface area contributed by atoms with E-state index in [0.29, 0.717) is 0 Å². The van der Waals surface area contributed by atoms with E-state index >= 15 is 0 Å². The maximum atomic E-state index is 14.9. The Morgan fingerprint density at radius 3 is 2.50 bits per heavy atom. The van der Waals surface area contributed by atoms with Gasteiger partial charge < -0.3 is 10.5 Å². The SMILES string of the molecule is COc1cnc(C(=O)Cc2ccc(F)c([C@@]3(C)N=C(N)[C@](C)(F)CC3(F)F)c2)cn1. The van der Waals surface area contributed by atoms with Gasteiger partial charge in [0.1, 0.15) is 17.3 Å². The molecule has 0 radical (unpaired) electrons. The summed E-state index contributed by atoms with van der Waals surface area (Å²) in [6.07, 6.45) is 1.000. The number of methoxy groups -OCH3 is 1. The van der Waals surface area contributed by atoms with Gasteiger partial charge in [-0.25, -0.2) is 27.5 Å². The minimum Gasteiger partial charge on any atom is -0.480 e. The van der Waals surface area contributed by atoms with E-state index in [0.717, 1.165) is 26.0 Å². The van der Waals surface area contributed by atoms with Crippen molar-refractivity contribution in [3.8, 4) is 5.88 Å². The Labute approximate surface area is 170 Å². The van der Waals surface area contributed by atoms with Gasteiger partial charge in [0, 0.05) is 12.0 Å². The molecule has 0 bridgehead atoms. The van der Waals surface area contributed by atoms with Gasteiger partial charge in [0.2, 0.25) is 5.88 Å². The summed E-state index contributed by atoms with van der Waals surface area (Å²) in [6.45, 7) is 1.90. The molecule has 1 aliphatic heterocycles. The molecule has 160 valence electrons. The Kier molecular flexibility index (Phi) is 5.30. The summed E-state index contributed by atoms with van der Waals surface area (Å²) in [4.78, 5) is 23.9. The number of carbonyl (C=O) groups is 1. The van der Waals surface area contributed by atoms with Crippen molar-refractivity contribution in [2.45, 2.75) is 43.8 Å². The molecule has 1 aromatic heterocycles. The fourth-order valence-electron chi connectivity index (χ4n) is 3.27. The lowest BCUT2D eigenvalue weighted by Gasteiger charge is -2.42. The van der Waals surface area contributed by atoms with Crippen LogP contribution in [0.5, 0.6) is 5.88 Å². The molecule has 0 fully saturated rings. The lowest BCUT2D eigenvalue weighted by molar-refractivity contribution is -0.106. The number of carbonyl (C=O) groups excluding carboxylic acids is 1. The van der Waals surface area contributed by atoms with Crippen molar-refractivity contribution in [3.05, 3.63) is 53.2 Å². The monoisotopic (exact) mass is 424 g/mol. The first-order chi connectivity index (χ1) is 13.9. The second-order valence-electron chi connectivity index (χ2n) is 7.51. The van der Waals surface area contributed by atoms with Crippen LogP contribution in [0.4, 0.5) is 17.6 Å². The maximum absolute atomic E-state index is 14.9. The van der Waals surface area contributed by atoms with E-state index in [2.05, 4.69) is 15.0 Å². The first-order valence-electron chi connectivity index (χ1n) is 9.00. The highest BCUT2D eigenvalue weighted by Crippen LogP contribution is 2.50. The molecule has 3 rings (SSSR count). The number of nitrogens with two attached hydrogens (primary N) is 1. The molecule has 2 aromatic rings. The van der Waals surface area contributed by atoms with Gasteiger partial charge in [0.25, 0.3) is 5.92 Å². The molecule has 0 saturated carbocycles. The third kappa shape index (κ3) is 3.73. The van der Waals surface area contributed by atoms with E-state index in [1.54, 1.807) is 0 Å². The van der Waals surface area contributed by atoms with Gasteiger partial charge in [-0.05, 0) is 31.5 Å². The van der Waals surface area contributed by atoms with Crippen LogP contribution in [0.15, 0.2) is 35.6 Å². The third-order valence-electron chi connectivity index (χ3n) is 5.19. The van der Waals surface area contributed by atoms with Crippen LogP contribution in [-0.4, -0.2) is 40.3 Å². The Hall–Kier alpha value is -3.04. The number of aromatic nitrogens is 2. The highest BCUT2D eigenvalue weighted by atomic mass is 19.3. The molecule has 0 saturated heterocycles. The van der Waals surface area contributed by atoms with Crippen LogP contribution in [0.3, 0.4) is 0 Å². The summed E-state index contributed by atoms with van der Waals surface area (Å²) >= 11 is 0. The Morgan fingerprint density at radius 1 is 1.20 bits per heavy atom. The fourth-order valence-corrected chi connectivity index (χ4v) is 3.27. The number of aliphatic imine (C=N–C) groups is 1. The number of hydrogen-bond acceptors (Lipinski definition) is 6. The predicted molar refractivity (Wildman–Crippen MR) is 101 cm³/mol. The van der Waals surface area contributed by atoms with E-state index in [4.69, 9.17) is 10.5 Å². The van der Waals surface area contributed by atoms with Crippen LogP contribution >= 0.6 is 0 Å². The second-order valence-corrected chi connectivity index (χ2v) is 7.51. The molecule has 1 aromatic carbocycles. The standard InChI is InChI=1S/C20H20F4N4O2/c1-18(22)10-20(23,24)19(2,28-17(18)25)12-6-11(4-5-13(12)21)7-15(29)14-8-27-16(30-3)9-26-14/h4-6,8-9H,7,10H2,1-3H3,(H2,25,28)/t18-,19-/m1/s1. The lowest BCUT2D eigenvalue weighted by Crippen LogP contribution is -2.56. The highest BCUT2D eigenvalue weighted by Gasteiger charge is 2.60. The van der Waals surface area contributed by atoms with Crippen molar-refractivity contribution in [1.82, 2.24) is 9.97 Å². The van der Waals surface area contributed by atoms with Crippen LogP contribution in [-0.2, 0) is 12.0 Å². The Bertz CT molecular complexity index is 1010. The van der Waals surface area contributed by atoms with E-state index in [1.165, 1.54) is 25.6 Å². The van der Waals surface area contributed by atoms with Crippen molar-refractivity contribution in [2.24, 2.45) is 10.7 Å². The summed E-state index contributed by atoms with van der Waals surface area (Å²) in [5.41, 5.74) is 0.433. The minimum atomic E-state index is -3.72. The number of benzene rings is 1. The lowest BCUT2D eigenvalue weighted by atomic mass is 9.77. The van der Waals surface area contributed by atoms with Gasteiger partial charge in [-0.15, -0.1) is 0 Å². The van der Waals surface area contributed by atoms with Gasteiger partial charge in [0.15, 0.2) is 17.0 Å². The summed E-state index contributed by atoms with van der Waals surface area (Å²) in [7, 11) is 1.40. The summed E-state index contributed by atoms with van der Waals surface area (Å²) < 4.78 is 63.4. The number of nitrogens with zero attached hydrogens (tertiary/aromatic N) is 3. The zero-order chi connectivity index (χ0) is 22.3. The van der Waals surface area contributed by atoms with Crippen molar-refractivity contribution in [3.63, 3.8) is 0 Å². The number of Topliss-reactive ketones (excluding diaryl/α,β-unsaturated/α-hetero) is 1. The van der Waals surface area contributed by atoms with Gasteiger partial charge in [0.05, 0.1) is 25.9 Å². The van der Waals surface area contributed by atoms with E-state index in [9.17, 15) is 22.4 Å². The molecule has 6 nitrogen and oxygen atoms in total. The van der Waals surface area contributed by atoms with E-state index in [-0.39, 0.29) is 23.6 Å². The predicted octanol–water partition coefficient (Wildman–Crippen LogP) is 3.39. The number of ether oxygens (including phenoxy) is 1. The maximum Gasteiger partial charge on any atom is 0.280 e. The zero-order valence-corrected chi connectivity index (χ0v) is 16.5. The third-order valence-corrected chi connectivity index (χ3v) is 5.19. The molecule has 30 heavy (non-hydrogen) atoms. The van der Waals surface area contributed by atoms with E-state index < -0.39 is 46.6 Å². The fraction of sp³-hybridized carbons (Fsp3) is 0.400. The first-order valence-corrected chi connectivity index (χ1v) is 9.00. The average Bonchev–Trinajstić information content (AvgIpc) is 2.67. The highest BCUT2D eigenvalue weighted by molar-refractivity contribution is 5.95. The van der Waals surface area contributed by atoms with Crippen molar-refractivity contribution in [1.29, 1.82) is 0 Å². The largest absolute Gasteiger partial charge is 0.480 e. The topological polar surface area (TPSA) is 90.5 Å². The van der Waals surface area contributed by atoms with Crippen LogP contribution < -0.4 is 10.5 Å². The average molecular weight is 424 g/mol. The van der Waals surface area contributed by atoms with Crippen LogP contribution in [0, 0.1) is 5.82 Å². The summed E-state index contributed by atoms with van der Waals surface area (Å²) in [5, 5.41) is 0. The smallest absolute Gasteiger partial charge is 0.280 e. The summed E-state index contributed by atoms with van der Waals surface area (Å²) in [5.74, 6) is -5.55. The Balaban J connectivity index is 1.97.